The maximum Gasteiger partial charge on any atom is 0.416 e. The van der Waals surface area contributed by atoms with Crippen molar-refractivity contribution in [3.63, 3.8) is 0 Å². The van der Waals surface area contributed by atoms with E-state index >= 15 is 0 Å². The van der Waals surface area contributed by atoms with E-state index in [1.165, 1.54) is 19.2 Å². The number of carbonyl (C=O) groups excluding carboxylic acids is 1. The molecule has 0 bridgehead atoms. The number of ether oxygens (including phenoxy) is 2. The number of alkyl halides is 4. The molecule has 0 aromatic heterocycles. The van der Waals surface area contributed by atoms with Crippen LogP contribution in [0.25, 0.3) is 0 Å². The number of carbonyl (C=O) groups is 1. The third-order valence-corrected chi connectivity index (χ3v) is 2.73. The molecule has 106 valence electrons. The minimum absolute atomic E-state index is 0.0221. The highest BCUT2D eigenvalue weighted by molar-refractivity contribution is 9.09. The molecule has 0 aliphatic rings. The summed E-state index contributed by atoms with van der Waals surface area (Å²) in [6.07, 6.45) is -5.09. The SMILES string of the molecule is COC(=O)C(CCBr)Oc1cccc(C(F)(F)F)c1. The number of esters is 1. The Labute approximate surface area is 116 Å². The minimum atomic E-state index is -4.45. The van der Waals surface area contributed by atoms with E-state index in [1.807, 2.05) is 0 Å². The van der Waals surface area contributed by atoms with E-state index in [-0.39, 0.29) is 5.75 Å². The zero-order valence-electron chi connectivity index (χ0n) is 10.0. The van der Waals surface area contributed by atoms with E-state index in [4.69, 9.17) is 4.74 Å². The van der Waals surface area contributed by atoms with Gasteiger partial charge < -0.3 is 9.47 Å². The number of hydrogen-bond acceptors (Lipinski definition) is 3. The van der Waals surface area contributed by atoms with E-state index in [9.17, 15) is 18.0 Å². The lowest BCUT2D eigenvalue weighted by molar-refractivity contribution is -0.148. The molecule has 1 aromatic carbocycles. The van der Waals surface area contributed by atoms with Crippen LogP contribution in [0.2, 0.25) is 0 Å². The summed E-state index contributed by atoms with van der Waals surface area (Å²) >= 11 is 3.14. The molecule has 0 saturated heterocycles. The molecule has 0 heterocycles. The van der Waals surface area contributed by atoms with Crippen molar-refractivity contribution in [2.75, 3.05) is 12.4 Å². The van der Waals surface area contributed by atoms with E-state index in [0.717, 1.165) is 12.1 Å². The van der Waals surface area contributed by atoms with Crippen molar-refractivity contribution in [1.82, 2.24) is 0 Å². The third kappa shape index (κ3) is 4.74. The Hall–Kier alpha value is -1.24. The second kappa shape index (κ2) is 6.79. The summed E-state index contributed by atoms with van der Waals surface area (Å²) in [6.45, 7) is 0. The van der Waals surface area contributed by atoms with Crippen LogP contribution in [0.5, 0.6) is 5.75 Å². The standard InChI is InChI=1S/C12H12BrF3O3/c1-18-11(17)10(5-6-13)19-9-4-2-3-8(7-9)12(14,15)16/h2-4,7,10H,5-6H2,1H3. The second-order valence-electron chi connectivity index (χ2n) is 3.63. The Kier molecular flexibility index (Phi) is 5.65. The first-order valence-electron chi connectivity index (χ1n) is 5.36. The van der Waals surface area contributed by atoms with Crippen LogP contribution in [0.3, 0.4) is 0 Å². The summed E-state index contributed by atoms with van der Waals surface area (Å²) in [5.74, 6) is -0.650. The maximum atomic E-state index is 12.5. The molecule has 1 atom stereocenters. The van der Waals surface area contributed by atoms with Gasteiger partial charge in [0, 0.05) is 11.8 Å². The molecule has 1 aromatic rings. The molecular weight excluding hydrogens is 329 g/mol. The number of benzene rings is 1. The first-order chi connectivity index (χ1) is 8.88. The predicted molar refractivity (Wildman–Crippen MR) is 66.3 cm³/mol. The van der Waals surface area contributed by atoms with Crippen LogP contribution in [0, 0.1) is 0 Å². The lowest BCUT2D eigenvalue weighted by Gasteiger charge is -2.17. The molecular formula is C12H12BrF3O3. The normalized spacial score (nSPS) is 12.9. The van der Waals surface area contributed by atoms with Gasteiger partial charge in [0.1, 0.15) is 5.75 Å². The lowest BCUT2D eigenvalue weighted by Crippen LogP contribution is -2.29. The number of rotatable bonds is 5. The van der Waals surface area contributed by atoms with E-state index in [2.05, 4.69) is 20.7 Å². The Morgan fingerprint density at radius 1 is 1.42 bits per heavy atom. The van der Waals surface area contributed by atoms with E-state index in [1.54, 1.807) is 0 Å². The van der Waals surface area contributed by atoms with Gasteiger partial charge in [-0.15, -0.1) is 0 Å². The van der Waals surface area contributed by atoms with Crippen molar-refractivity contribution < 1.29 is 27.4 Å². The Balaban J connectivity index is 2.88. The number of hydrogen-bond donors (Lipinski definition) is 0. The molecule has 0 spiro atoms. The molecule has 0 fully saturated rings. The summed E-state index contributed by atoms with van der Waals surface area (Å²) in [7, 11) is 1.19. The lowest BCUT2D eigenvalue weighted by atomic mass is 10.2. The molecule has 1 rings (SSSR count). The molecule has 0 aliphatic heterocycles. The fourth-order valence-electron chi connectivity index (χ4n) is 1.37. The molecule has 0 amide bonds. The Morgan fingerprint density at radius 3 is 2.63 bits per heavy atom. The number of halogens is 4. The predicted octanol–water partition coefficient (Wildman–Crippen LogP) is 3.41. The summed E-state index contributed by atoms with van der Waals surface area (Å²) < 4.78 is 47.3. The highest BCUT2D eigenvalue weighted by atomic mass is 79.9. The fraction of sp³-hybridized carbons (Fsp3) is 0.417. The quantitative estimate of drug-likeness (QED) is 0.608. The zero-order chi connectivity index (χ0) is 14.5. The van der Waals surface area contributed by atoms with Crippen molar-refractivity contribution in [3.05, 3.63) is 29.8 Å². The number of methoxy groups -OCH3 is 1. The second-order valence-corrected chi connectivity index (χ2v) is 4.43. The van der Waals surface area contributed by atoms with E-state index < -0.39 is 23.8 Å². The minimum Gasteiger partial charge on any atom is -0.479 e. The van der Waals surface area contributed by atoms with Gasteiger partial charge >= 0.3 is 12.1 Å². The van der Waals surface area contributed by atoms with Crippen LogP contribution in [-0.4, -0.2) is 24.5 Å². The average Bonchev–Trinajstić information content (AvgIpc) is 2.36. The monoisotopic (exact) mass is 340 g/mol. The van der Waals surface area contributed by atoms with Crippen LogP contribution in [-0.2, 0) is 15.7 Å². The highest BCUT2D eigenvalue weighted by Gasteiger charge is 2.31. The summed E-state index contributed by atoms with van der Waals surface area (Å²) in [5.41, 5.74) is -0.826. The third-order valence-electron chi connectivity index (χ3n) is 2.28. The van der Waals surface area contributed by atoms with Gasteiger partial charge in [-0.1, -0.05) is 22.0 Å². The van der Waals surface area contributed by atoms with Gasteiger partial charge in [0.05, 0.1) is 12.7 Å². The van der Waals surface area contributed by atoms with E-state index in [0.29, 0.717) is 11.8 Å². The molecule has 0 N–H and O–H groups in total. The summed E-state index contributed by atoms with van der Waals surface area (Å²) in [6, 6.07) is 4.37. The zero-order valence-corrected chi connectivity index (χ0v) is 11.6. The van der Waals surface area contributed by atoms with Crippen molar-refractivity contribution in [2.45, 2.75) is 18.7 Å². The molecule has 19 heavy (non-hydrogen) atoms. The van der Waals surface area contributed by atoms with Crippen LogP contribution < -0.4 is 4.74 Å². The first kappa shape index (κ1) is 15.8. The first-order valence-corrected chi connectivity index (χ1v) is 6.48. The van der Waals surface area contributed by atoms with Gasteiger partial charge in [0.25, 0.3) is 0 Å². The maximum absolute atomic E-state index is 12.5. The molecule has 1 unspecified atom stereocenters. The summed E-state index contributed by atoms with van der Waals surface area (Å²) in [5, 5.41) is 0.464. The van der Waals surface area contributed by atoms with Gasteiger partial charge in [0.2, 0.25) is 0 Å². The van der Waals surface area contributed by atoms with Gasteiger partial charge in [-0.3, -0.25) is 0 Å². The largest absolute Gasteiger partial charge is 0.479 e. The van der Waals surface area contributed by atoms with Crippen molar-refractivity contribution in [2.24, 2.45) is 0 Å². The van der Waals surface area contributed by atoms with Gasteiger partial charge in [0.15, 0.2) is 6.10 Å². The van der Waals surface area contributed by atoms with Gasteiger partial charge in [-0.2, -0.15) is 13.2 Å². The summed E-state index contributed by atoms with van der Waals surface area (Å²) in [4.78, 5) is 11.4. The van der Waals surface area contributed by atoms with Gasteiger partial charge in [-0.05, 0) is 18.2 Å². The fourth-order valence-corrected chi connectivity index (χ4v) is 1.78. The topological polar surface area (TPSA) is 35.5 Å². The van der Waals surface area contributed by atoms with Crippen LogP contribution >= 0.6 is 15.9 Å². The molecule has 0 saturated carbocycles. The highest BCUT2D eigenvalue weighted by Crippen LogP contribution is 2.31. The molecule has 7 heteroatoms. The smallest absolute Gasteiger partial charge is 0.416 e. The molecule has 0 aliphatic carbocycles. The average molecular weight is 341 g/mol. The van der Waals surface area contributed by atoms with Crippen LogP contribution in [0.4, 0.5) is 13.2 Å². The Bertz CT molecular complexity index is 434. The molecule has 3 nitrogen and oxygen atoms in total. The van der Waals surface area contributed by atoms with Crippen LogP contribution in [0.1, 0.15) is 12.0 Å². The van der Waals surface area contributed by atoms with Crippen LogP contribution in [0.15, 0.2) is 24.3 Å². The Morgan fingerprint density at radius 2 is 2.11 bits per heavy atom. The van der Waals surface area contributed by atoms with Crippen molar-refractivity contribution in [1.29, 1.82) is 0 Å². The molecule has 0 radical (unpaired) electrons. The van der Waals surface area contributed by atoms with Gasteiger partial charge in [-0.25, -0.2) is 4.79 Å². The van der Waals surface area contributed by atoms with Crippen molar-refractivity contribution in [3.8, 4) is 5.75 Å². The van der Waals surface area contributed by atoms with Crippen molar-refractivity contribution >= 4 is 21.9 Å².